The number of hydrogen-bond acceptors (Lipinski definition) is 5. The van der Waals surface area contributed by atoms with Crippen molar-refractivity contribution in [2.75, 3.05) is 38.1 Å². The Morgan fingerprint density at radius 3 is 2.16 bits per heavy atom. The van der Waals surface area contributed by atoms with Gasteiger partial charge in [-0.1, -0.05) is 12.1 Å². The van der Waals surface area contributed by atoms with E-state index in [1.54, 1.807) is 12.1 Å². The van der Waals surface area contributed by atoms with Crippen molar-refractivity contribution in [3.8, 4) is 17.0 Å². The molecule has 2 aliphatic rings. The molecule has 0 radical (unpaired) electrons. The van der Waals surface area contributed by atoms with E-state index in [-0.39, 0.29) is 43.0 Å². The van der Waals surface area contributed by atoms with Crippen molar-refractivity contribution < 1.29 is 5.11 Å². The van der Waals surface area contributed by atoms with Crippen LogP contribution in [0.1, 0.15) is 0 Å². The first-order valence-electron chi connectivity index (χ1n) is 7.75. The van der Waals surface area contributed by atoms with Gasteiger partial charge in [-0.3, -0.25) is 0 Å². The third kappa shape index (κ3) is 4.47. The molecule has 3 heterocycles. The van der Waals surface area contributed by atoms with Gasteiger partial charge in [-0.15, -0.1) is 47.4 Å². The van der Waals surface area contributed by atoms with E-state index >= 15 is 0 Å². The number of phenols is 1. The zero-order valence-corrected chi connectivity index (χ0v) is 16.4. The summed E-state index contributed by atoms with van der Waals surface area (Å²) < 4.78 is 0. The quantitative estimate of drug-likeness (QED) is 0.832. The van der Waals surface area contributed by atoms with Gasteiger partial charge in [0.05, 0.1) is 5.69 Å². The number of likely N-dealkylation sites (tertiary alicyclic amines) is 1. The average molecular weight is 406 g/mol. The van der Waals surface area contributed by atoms with Crippen LogP contribution >= 0.6 is 37.2 Å². The normalized spacial score (nSPS) is 21.7. The highest BCUT2D eigenvalue weighted by atomic mass is 35.5. The lowest BCUT2D eigenvalue weighted by Gasteiger charge is -2.19. The number of anilines is 1. The Morgan fingerprint density at radius 1 is 0.920 bits per heavy atom. The number of aromatic hydroxyl groups is 1. The van der Waals surface area contributed by atoms with Crippen LogP contribution in [-0.4, -0.2) is 53.4 Å². The van der Waals surface area contributed by atoms with Gasteiger partial charge in [0.1, 0.15) is 5.75 Å². The highest BCUT2D eigenvalue weighted by Crippen LogP contribution is 2.32. The minimum absolute atomic E-state index is 0. The topological polar surface area (TPSA) is 52.5 Å². The molecular weight excluding hydrogens is 383 g/mol. The number of rotatable bonds is 2. The standard InChI is InChI=1S/C17H20N4O.3ClH/c1-20-8-13-10-21(11-14(13)9-20)17-6-5-16(18-19-17)12-3-2-4-15(22)7-12;;;/h2-7,13-14,22H,8-11H2,1H3;3*1H. The zero-order chi connectivity index (χ0) is 15.1. The van der Waals surface area contributed by atoms with Crippen molar-refractivity contribution in [1.82, 2.24) is 15.1 Å². The molecule has 0 amide bonds. The number of halogens is 3. The summed E-state index contributed by atoms with van der Waals surface area (Å²) in [6, 6.07) is 11.1. The van der Waals surface area contributed by atoms with Gasteiger partial charge in [-0.05, 0) is 43.1 Å². The van der Waals surface area contributed by atoms with E-state index in [1.165, 1.54) is 13.1 Å². The van der Waals surface area contributed by atoms with Crippen LogP contribution in [0.2, 0.25) is 0 Å². The average Bonchev–Trinajstić information content (AvgIpc) is 3.05. The number of fused-ring (bicyclic) bond motifs is 1. The molecule has 8 heteroatoms. The first-order valence-corrected chi connectivity index (χ1v) is 7.75. The second-order valence-electron chi connectivity index (χ2n) is 6.47. The molecule has 2 aliphatic heterocycles. The van der Waals surface area contributed by atoms with E-state index in [0.717, 1.165) is 42.0 Å². The largest absolute Gasteiger partial charge is 0.508 e. The fourth-order valence-corrected chi connectivity index (χ4v) is 3.73. The van der Waals surface area contributed by atoms with Crippen LogP contribution in [0.4, 0.5) is 5.82 Å². The molecule has 2 aromatic rings. The fourth-order valence-electron chi connectivity index (χ4n) is 3.73. The Balaban J connectivity index is 0.00000104. The minimum Gasteiger partial charge on any atom is -0.508 e. The molecule has 0 spiro atoms. The summed E-state index contributed by atoms with van der Waals surface area (Å²) in [5.41, 5.74) is 1.68. The van der Waals surface area contributed by atoms with E-state index in [9.17, 15) is 5.11 Å². The number of aromatic nitrogens is 2. The third-order valence-corrected chi connectivity index (χ3v) is 4.79. The molecule has 2 fully saturated rings. The molecule has 1 N–H and O–H groups in total. The van der Waals surface area contributed by atoms with Crippen molar-refractivity contribution in [3.05, 3.63) is 36.4 Å². The molecule has 2 saturated heterocycles. The molecule has 0 saturated carbocycles. The molecule has 5 nitrogen and oxygen atoms in total. The number of hydrogen-bond donors (Lipinski definition) is 1. The minimum atomic E-state index is 0. The first-order chi connectivity index (χ1) is 10.7. The lowest BCUT2D eigenvalue weighted by molar-refractivity contribution is 0.387. The zero-order valence-electron chi connectivity index (χ0n) is 13.9. The summed E-state index contributed by atoms with van der Waals surface area (Å²) >= 11 is 0. The van der Waals surface area contributed by atoms with Gasteiger partial charge in [-0.2, -0.15) is 0 Å². The van der Waals surface area contributed by atoms with Crippen LogP contribution in [0.25, 0.3) is 11.3 Å². The van der Waals surface area contributed by atoms with E-state index in [2.05, 4.69) is 27.0 Å². The molecule has 4 rings (SSSR count). The maximum atomic E-state index is 9.55. The van der Waals surface area contributed by atoms with Crippen molar-refractivity contribution in [3.63, 3.8) is 0 Å². The van der Waals surface area contributed by atoms with Crippen LogP contribution in [0.3, 0.4) is 0 Å². The van der Waals surface area contributed by atoms with Gasteiger partial charge in [0.15, 0.2) is 5.82 Å². The Kier molecular flexibility index (Phi) is 7.75. The SMILES string of the molecule is CN1CC2CN(c3ccc(-c4cccc(O)c4)nn3)CC2C1.Cl.Cl.Cl. The molecule has 0 aliphatic carbocycles. The van der Waals surface area contributed by atoms with Crippen molar-refractivity contribution in [1.29, 1.82) is 0 Å². The van der Waals surface area contributed by atoms with E-state index in [4.69, 9.17) is 0 Å². The fraction of sp³-hybridized carbons (Fsp3) is 0.412. The Labute approximate surface area is 166 Å². The monoisotopic (exact) mass is 404 g/mol. The molecule has 2 atom stereocenters. The highest BCUT2D eigenvalue weighted by molar-refractivity contribution is 5.86. The summed E-state index contributed by atoms with van der Waals surface area (Å²) in [6.45, 7) is 4.54. The number of benzene rings is 1. The van der Waals surface area contributed by atoms with Gasteiger partial charge >= 0.3 is 0 Å². The molecule has 25 heavy (non-hydrogen) atoms. The molecule has 138 valence electrons. The Bertz CT molecular complexity index is 672. The lowest BCUT2D eigenvalue weighted by atomic mass is 10.0. The molecule has 2 unspecified atom stereocenters. The van der Waals surface area contributed by atoms with Crippen LogP contribution in [0, 0.1) is 11.8 Å². The van der Waals surface area contributed by atoms with Gasteiger partial charge < -0.3 is 14.9 Å². The van der Waals surface area contributed by atoms with Crippen LogP contribution < -0.4 is 4.90 Å². The van der Waals surface area contributed by atoms with E-state index < -0.39 is 0 Å². The second-order valence-corrected chi connectivity index (χ2v) is 6.47. The summed E-state index contributed by atoms with van der Waals surface area (Å²) in [5, 5.41) is 18.3. The lowest BCUT2D eigenvalue weighted by Crippen LogP contribution is -2.27. The maximum absolute atomic E-state index is 9.55. The van der Waals surface area contributed by atoms with Crippen LogP contribution in [0.5, 0.6) is 5.75 Å². The molecule has 0 bridgehead atoms. The van der Waals surface area contributed by atoms with Gasteiger partial charge in [0, 0.05) is 31.7 Å². The van der Waals surface area contributed by atoms with Gasteiger partial charge in [0.2, 0.25) is 0 Å². The van der Waals surface area contributed by atoms with Crippen molar-refractivity contribution in [2.24, 2.45) is 11.8 Å². The van der Waals surface area contributed by atoms with Gasteiger partial charge in [0.25, 0.3) is 0 Å². The van der Waals surface area contributed by atoms with Gasteiger partial charge in [-0.25, -0.2) is 0 Å². The van der Waals surface area contributed by atoms with E-state index in [1.807, 2.05) is 24.3 Å². The van der Waals surface area contributed by atoms with Crippen molar-refractivity contribution in [2.45, 2.75) is 0 Å². The predicted octanol–water partition coefficient (Wildman–Crippen LogP) is 3.11. The van der Waals surface area contributed by atoms with Crippen LogP contribution in [0.15, 0.2) is 36.4 Å². The van der Waals surface area contributed by atoms with E-state index in [0.29, 0.717) is 0 Å². The van der Waals surface area contributed by atoms with Crippen molar-refractivity contribution >= 4 is 43.0 Å². The summed E-state index contributed by atoms with van der Waals surface area (Å²) in [7, 11) is 2.20. The molecular formula is C17H23Cl3N4O. The predicted molar refractivity (Wildman–Crippen MR) is 108 cm³/mol. The smallest absolute Gasteiger partial charge is 0.151 e. The number of nitrogens with zero attached hydrogens (tertiary/aromatic N) is 4. The Morgan fingerprint density at radius 2 is 1.60 bits per heavy atom. The molecule has 1 aromatic carbocycles. The Hall–Kier alpha value is -1.27. The van der Waals surface area contributed by atoms with Crippen LogP contribution in [-0.2, 0) is 0 Å². The summed E-state index contributed by atoms with van der Waals surface area (Å²) in [6.07, 6.45) is 0. The third-order valence-electron chi connectivity index (χ3n) is 4.79. The summed E-state index contributed by atoms with van der Waals surface area (Å²) in [4.78, 5) is 4.77. The highest BCUT2D eigenvalue weighted by Gasteiger charge is 2.39. The first kappa shape index (κ1) is 21.8. The second kappa shape index (κ2) is 8.90. The molecule has 1 aromatic heterocycles. The summed E-state index contributed by atoms with van der Waals surface area (Å²) in [5.74, 6) is 2.73. The maximum Gasteiger partial charge on any atom is 0.151 e. The number of phenolic OH excluding ortho intramolecular Hbond substituents is 1.